The maximum absolute atomic E-state index is 13.4. The number of hydrogen-bond acceptors (Lipinski definition) is 2. The predicted molar refractivity (Wildman–Crippen MR) is 89.8 cm³/mol. The molecule has 1 amide bonds. The molecular weight excluding hydrogens is 291 g/mol. The van der Waals surface area contributed by atoms with E-state index in [-0.39, 0.29) is 17.8 Å². The summed E-state index contributed by atoms with van der Waals surface area (Å²) in [6, 6.07) is 12.2. The third-order valence-electron chi connectivity index (χ3n) is 4.49. The van der Waals surface area contributed by atoms with Crippen molar-refractivity contribution in [3.8, 4) is 0 Å². The lowest BCUT2D eigenvalue weighted by atomic mass is 10.0. The number of halogens is 1. The molecule has 1 aliphatic rings. The van der Waals surface area contributed by atoms with E-state index in [0.29, 0.717) is 17.7 Å². The van der Waals surface area contributed by atoms with Crippen molar-refractivity contribution in [3.05, 3.63) is 65.0 Å². The van der Waals surface area contributed by atoms with Crippen LogP contribution in [-0.4, -0.2) is 23.4 Å². The molecule has 1 unspecified atom stereocenters. The van der Waals surface area contributed by atoms with E-state index < -0.39 is 0 Å². The molecule has 2 aromatic carbocycles. The van der Waals surface area contributed by atoms with Gasteiger partial charge in [-0.3, -0.25) is 4.79 Å². The molecule has 0 radical (unpaired) electrons. The Balaban J connectivity index is 1.81. The topological polar surface area (TPSA) is 46.3 Å². The summed E-state index contributed by atoms with van der Waals surface area (Å²) in [4.78, 5) is 14.8. The molecule has 0 bridgehead atoms. The second-order valence-corrected chi connectivity index (χ2v) is 6.20. The number of likely N-dealkylation sites (tertiary alicyclic amines) is 1. The average molecular weight is 312 g/mol. The zero-order chi connectivity index (χ0) is 16.4. The lowest BCUT2D eigenvalue weighted by molar-refractivity contribution is 0.0736. The molecule has 2 aromatic rings. The van der Waals surface area contributed by atoms with Crippen molar-refractivity contribution in [2.45, 2.75) is 32.2 Å². The maximum atomic E-state index is 13.4. The van der Waals surface area contributed by atoms with Crippen LogP contribution in [0, 0.1) is 12.7 Å². The number of carbonyl (C=O) groups excluding carboxylic acids is 1. The Morgan fingerprint density at radius 1 is 1.30 bits per heavy atom. The van der Waals surface area contributed by atoms with E-state index in [1.165, 1.54) is 6.07 Å². The molecule has 4 heteroatoms. The van der Waals surface area contributed by atoms with Crippen molar-refractivity contribution in [1.29, 1.82) is 0 Å². The number of amides is 1. The number of nitrogens with two attached hydrogens (primary N) is 1. The number of carbonyl (C=O) groups is 1. The lowest BCUT2D eigenvalue weighted by Gasteiger charge is -2.26. The molecular formula is C19H21FN2O. The van der Waals surface area contributed by atoms with Gasteiger partial charge in [-0.15, -0.1) is 0 Å². The van der Waals surface area contributed by atoms with Crippen LogP contribution in [0.15, 0.2) is 42.5 Å². The molecule has 2 N–H and O–H groups in total. The summed E-state index contributed by atoms with van der Waals surface area (Å²) in [5.74, 6) is -0.209. The van der Waals surface area contributed by atoms with Crippen molar-refractivity contribution in [3.63, 3.8) is 0 Å². The van der Waals surface area contributed by atoms with Gasteiger partial charge in [0.1, 0.15) is 5.82 Å². The normalized spacial score (nSPS) is 17.5. The van der Waals surface area contributed by atoms with Crippen LogP contribution in [0.25, 0.3) is 0 Å². The van der Waals surface area contributed by atoms with Crippen molar-refractivity contribution in [1.82, 2.24) is 4.90 Å². The summed E-state index contributed by atoms with van der Waals surface area (Å²) in [6.07, 6.45) is 2.61. The monoisotopic (exact) mass is 312 g/mol. The highest BCUT2D eigenvalue weighted by Crippen LogP contribution is 2.25. The Morgan fingerprint density at radius 2 is 2.13 bits per heavy atom. The summed E-state index contributed by atoms with van der Waals surface area (Å²) >= 11 is 0. The number of aryl methyl sites for hydroxylation is 1. The molecule has 1 atom stereocenters. The highest BCUT2D eigenvalue weighted by atomic mass is 19.1. The van der Waals surface area contributed by atoms with Crippen molar-refractivity contribution in [2.75, 3.05) is 12.3 Å². The summed E-state index contributed by atoms with van der Waals surface area (Å²) in [5.41, 5.74) is 8.95. The van der Waals surface area contributed by atoms with Crippen LogP contribution >= 0.6 is 0 Å². The van der Waals surface area contributed by atoms with Crippen LogP contribution in [0.5, 0.6) is 0 Å². The fraction of sp³-hybridized carbons (Fsp3) is 0.316. The first kappa shape index (κ1) is 15.5. The second kappa shape index (κ2) is 6.41. The van der Waals surface area contributed by atoms with Crippen LogP contribution in [-0.2, 0) is 6.42 Å². The molecule has 0 aliphatic carbocycles. The molecule has 1 heterocycles. The summed E-state index contributed by atoms with van der Waals surface area (Å²) in [5, 5.41) is 0. The first-order valence-electron chi connectivity index (χ1n) is 7.96. The zero-order valence-corrected chi connectivity index (χ0v) is 13.3. The standard InChI is InChI=1S/C19H21FN2O/c1-13-7-8-16(21)12-18(13)19(23)22-9-3-6-17(22)11-14-4-2-5-15(20)10-14/h2,4-5,7-8,10,12,17H,3,6,9,11,21H2,1H3. The van der Waals surface area contributed by atoms with Gasteiger partial charge in [0.25, 0.3) is 5.91 Å². The van der Waals surface area contributed by atoms with Gasteiger partial charge >= 0.3 is 0 Å². The summed E-state index contributed by atoms with van der Waals surface area (Å²) in [7, 11) is 0. The molecule has 1 saturated heterocycles. The van der Waals surface area contributed by atoms with Gasteiger partial charge in [0.05, 0.1) is 0 Å². The van der Waals surface area contributed by atoms with E-state index in [2.05, 4.69) is 0 Å². The van der Waals surface area contributed by atoms with Gasteiger partial charge in [-0.25, -0.2) is 4.39 Å². The molecule has 0 saturated carbocycles. The van der Waals surface area contributed by atoms with Gasteiger partial charge in [-0.05, 0) is 61.6 Å². The molecule has 1 fully saturated rings. The largest absolute Gasteiger partial charge is 0.399 e. The number of anilines is 1. The summed E-state index contributed by atoms with van der Waals surface area (Å²) < 4.78 is 13.4. The molecule has 0 spiro atoms. The number of nitrogens with zero attached hydrogens (tertiary/aromatic N) is 1. The Labute approximate surface area is 135 Å². The van der Waals surface area contributed by atoms with Crippen molar-refractivity contribution in [2.24, 2.45) is 0 Å². The third-order valence-corrected chi connectivity index (χ3v) is 4.49. The Morgan fingerprint density at radius 3 is 2.91 bits per heavy atom. The second-order valence-electron chi connectivity index (χ2n) is 6.20. The Hall–Kier alpha value is -2.36. The zero-order valence-electron chi connectivity index (χ0n) is 13.3. The number of hydrogen-bond donors (Lipinski definition) is 1. The molecule has 23 heavy (non-hydrogen) atoms. The molecule has 120 valence electrons. The van der Waals surface area contributed by atoms with E-state index in [1.807, 2.05) is 24.0 Å². The fourth-order valence-electron chi connectivity index (χ4n) is 3.28. The molecule has 1 aliphatic heterocycles. The van der Waals surface area contributed by atoms with Gasteiger partial charge in [-0.1, -0.05) is 18.2 Å². The SMILES string of the molecule is Cc1ccc(N)cc1C(=O)N1CCCC1Cc1cccc(F)c1. The fourth-order valence-corrected chi connectivity index (χ4v) is 3.28. The highest BCUT2D eigenvalue weighted by molar-refractivity contribution is 5.96. The number of benzene rings is 2. The van der Waals surface area contributed by atoms with Gasteiger partial charge < -0.3 is 10.6 Å². The molecule has 3 nitrogen and oxygen atoms in total. The lowest BCUT2D eigenvalue weighted by Crippen LogP contribution is -2.37. The minimum absolute atomic E-state index is 0.0219. The van der Waals surface area contributed by atoms with E-state index in [9.17, 15) is 9.18 Å². The van der Waals surface area contributed by atoms with Gasteiger partial charge in [-0.2, -0.15) is 0 Å². The maximum Gasteiger partial charge on any atom is 0.254 e. The third kappa shape index (κ3) is 3.36. The smallest absolute Gasteiger partial charge is 0.254 e. The first-order valence-corrected chi connectivity index (χ1v) is 7.96. The minimum Gasteiger partial charge on any atom is -0.399 e. The summed E-state index contributed by atoms with van der Waals surface area (Å²) in [6.45, 7) is 2.66. The van der Waals surface area contributed by atoms with Crippen LogP contribution < -0.4 is 5.73 Å². The number of nitrogen functional groups attached to an aromatic ring is 1. The predicted octanol–water partition coefficient (Wildman–Crippen LogP) is 3.56. The van der Waals surface area contributed by atoms with E-state index in [1.54, 1.807) is 24.3 Å². The van der Waals surface area contributed by atoms with Gasteiger partial charge in [0.15, 0.2) is 0 Å². The van der Waals surface area contributed by atoms with Crippen LogP contribution in [0.4, 0.5) is 10.1 Å². The Bertz CT molecular complexity index is 729. The minimum atomic E-state index is -0.231. The van der Waals surface area contributed by atoms with Crippen LogP contribution in [0.3, 0.4) is 0 Å². The van der Waals surface area contributed by atoms with Crippen molar-refractivity contribution >= 4 is 11.6 Å². The average Bonchev–Trinajstić information content (AvgIpc) is 2.97. The van der Waals surface area contributed by atoms with Gasteiger partial charge in [0.2, 0.25) is 0 Å². The number of rotatable bonds is 3. The Kier molecular flexibility index (Phi) is 4.33. The van der Waals surface area contributed by atoms with Crippen LogP contribution in [0.1, 0.15) is 34.3 Å². The first-order chi connectivity index (χ1) is 11.0. The van der Waals surface area contributed by atoms with E-state index in [4.69, 9.17) is 5.73 Å². The van der Waals surface area contributed by atoms with Gasteiger partial charge in [0, 0.05) is 23.8 Å². The van der Waals surface area contributed by atoms with Crippen molar-refractivity contribution < 1.29 is 9.18 Å². The van der Waals surface area contributed by atoms with E-state index >= 15 is 0 Å². The molecule has 0 aromatic heterocycles. The molecule has 3 rings (SSSR count). The van der Waals surface area contributed by atoms with E-state index in [0.717, 1.165) is 30.5 Å². The quantitative estimate of drug-likeness (QED) is 0.881. The van der Waals surface area contributed by atoms with Crippen LogP contribution in [0.2, 0.25) is 0 Å². The highest BCUT2D eigenvalue weighted by Gasteiger charge is 2.30.